The lowest BCUT2D eigenvalue weighted by atomic mass is 10.0. The molecule has 0 aromatic carbocycles. The van der Waals surface area contributed by atoms with Crippen LogP contribution in [0.2, 0.25) is 1.41 Å². The highest BCUT2D eigenvalue weighted by molar-refractivity contribution is 5.85. The first-order valence-electron chi connectivity index (χ1n) is 4.54. The maximum absolute atomic E-state index is 11.2. The molecule has 14 heavy (non-hydrogen) atoms. The molecule has 0 aliphatic rings. The predicted octanol–water partition coefficient (Wildman–Crippen LogP) is -0.319. The first-order valence-corrected chi connectivity index (χ1v) is 4.04. The van der Waals surface area contributed by atoms with Crippen molar-refractivity contribution in [3.8, 4) is 0 Å². The number of esters is 1. The monoisotopic (exact) mass is 225 g/mol. The van der Waals surface area contributed by atoms with Crippen LogP contribution in [-0.4, -0.2) is 31.6 Å². The molecule has 3 N–H and O–H groups in total. The van der Waals surface area contributed by atoms with Crippen molar-refractivity contribution < 1.29 is 15.7 Å². The summed E-state index contributed by atoms with van der Waals surface area (Å²) >= 11 is 0. The number of hydrogen-bond donors (Lipinski definition) is 2. The van der Waals surface area contributed by atoms with Gasteiger partial charge < -0.3 is 15.8 Å². The van der Waals surface area contributed by atoms with Gasteiger partial charge in [0, 0.05) is 0 Å². The van der Waals surface area contributed by atoms with Crippen LogP contribution in [0.3, 0.4) is 0 Å². The van der Waals surface area contributed by atoms with E-state index in [1.165, 1.54) is 7.11 Å². The van der Waals surface area contributed by atoms with Crippen molar-refractivity contribution in [2.45, 2.75) is 19.9 Å². The number of carbonyl (C=O) groups excluding carboxylic acids is 2. The number of rotatable bonds is 5. The molecular weight excluding hydrogens is 208 g/mol. The molecular formula is C8H17ClN2O3. The van der Waals surface area contributed by atoms with Crippen LogP contribution in [0.4, 0.5) is 0 Å². The van der Waals surface area contributed by atoms with Crippen LogP contribution in [0.15, 0.2) is 0 Å². The molecule has 0 radical (unpaired) electrons. The Bertz CT molecular complexity index is 214. The molecule has 0 bridgehead atoms. The van der Waals surface area contributed by atoms with Crippen LogP contribution in [0.25, 0.3) is 0 Å². The summed E-state index contributed by atoms with van der Waals surface area (Å²) in [5.41, 5.74) is 1.95. The molecule has 0 spiro atoms. The number of carbonyl (C=O) groups is 2. The van der Waals surface area contributed by atoms with E-state index in [-0.39, 0.29) is 24.9 Å². The van der Waals surface area contributed by atoms with Crippen LogP contribution in [0.5, 0.6) is 0 Å². The van der Waals surface area contributed by atoms with Crippen molar-refractivity contribution in [2.24, 2.45) is 11.6 Å². The van der Waals surface area contributed by atoms with Gasteiger partial charge in [-0.1, -0.05) is 13.8 Å². The highest BCUT2D eigenvalue weighted by Crippen LogP contribution is 2.02. The Morgan fingerprint density at radius 3 is 2.50 bits per heavy atom. The minimum absolute atomic E-state index is 0. The number of halogens is 1. The van der Waals surface area contributed by atoms with Gasteiger partial charge in [-0.3, -0.25) is 4.79 Å². The second kappa shape index (κ2) is 7.58. The molecule has 0 aromatic rings. The Balaban J connectivity index is 0. The summed E-state index contributed by atoms with van der Waals surface area (Å²) in [4.78, 5) is 22.3. The van der Waals surface area contributed by atoms with Crippen LogP contribution >= 0.6 is 12.4 Å². The van der Waals surface area contributed by atoms with E-state index >= 15 is 0 Å². The molecule has 1 atom stereocenters. The van der Waals surface area contributed by atoms with Crippen LogP contribution < -0.4 is 11.0 Å². The topological polar surface area (TPSA) is 81.4 Å². The summed E-state index contributed by atoms with van der Waals surface area (Å²) in [6.07, 6.45) is 0. The van der Waals surface area contributed by atoms with Crippen LogP contribution in [0, 0.1) is 5.92 Å². The van der Waals surface area contributed by atoms with E-state index in [0.29, 0.717) is 0 Å². The number of methoxy groups -OCH3 is 1. The fraction of sp³-hybridized carbons (Fsp3) is 0.750. The van der Waals surface area contributed by atoms with Crippen molar-refractivity contribution >= 4 is 24.3 Å². The van der Waals surface area contributed by atoms with Crippen molar-refractivity contribution in [3.05, 3.63) is 0 Å². The summed E-state index contributed by atoms with van der Waals surface area (Å²) in [5, 5.41) is 2.47. The minimum atomic E-state index is -0.652. The van der Waals surface area contributed by atoms with Gasteiger partial charge in [0.1, 0.15) is 7.45 Å². The lowest BCUT2D eigenvalue weighted by molar-refractivity contribution is -0.146. The van der Waals surface area contributed by atoms with Crippen molar-refractivity contribution in [1.29, 1.82) is 0 Å². The molecule has 0 rings (SSSR count). The van der Waals surface area contributed by atoms with Gasteiger partial charge in [-0.25, -0.2) is 4.79 Å². The Morgan fingerprint density at radius 2 is 2.14 bits per heavy atom. The van der Waals surface area contributed by atoms with Gasteiger partial charge in [-0.2, -0.15) is 0 Å². The number of amides is 1. The summed E-state index contributed by atoms with van der Waals surface area (Å²) < 4.78 is 11.1. The summed E-state index contributed by atoms with van der Waals surface area (Å²) in [5.74, 6) is -0.917. The van der Waals surface area contributed by atoms with Gasteiger partial charge in [-0.05, 0) is 5.92 Å². The Hall–Kier alpha value is -0.810. The van der Waals surface area contributed by atoms with Crippen molar-refractivity contribution in [1.82, 2.24) is 5.32 Å². The zero-order chi connectivity index (χ0) is 11.1. The van der Waals surface area contributed by atoms with E-state index in [4.69, 9.17) is 1.41 Å². The highest BCUT2D eigenvalue weighted by atomic mass is 35.5. The van der Waals surface area contributed by atoms with Gasteiger partial charge in [0.2, 0.25) is 5.91 Å². The zero-order valence-corrected chi connectivity index (χ0v) is 9.31. The third-order valence-electron chi connectivity index (χ3n) is 1.60. The quantitative estimate of drug-likeness (QED) is 0.629. The van der Waals surface area contributed by atoms with E-state index in [1.807, 2.05) is 5.73 Å². The maximum Gasteiger partial charge on any atom is 0.328 e. The summed E-state index contributed by atoms with van der Waals surface area (Å²) in [6, 6.07) is -0.652. The fourth-order valence-electron chi connectivity index (χ4n) is 0.849. The van der Waals surface area contributed by atoms with E-state index in [9.17, 15) is 9.59 Å². The molecule has 6 heteroatoms. The Kier molecular flexibility index (Phi) is 7.14. The number of hydrogen-bond acceptors (Lipinski definition) is 4. The third kappa shape index (κ3) is 5.04. The van der Waals surface area contributed by atoms with Crippen LogP contribution in [-0.2, 0) is 14.3 Å². The van der Waals surface area contributed by atoms with Crippen molar-refractivity contribution in [3.63, 3.8) is 0 Å². The maximum atomic E-state index is 11.2. The fourth-order valence-corrected chi connectivity index (χ4v) is 0.849. The minimum Gasteiger partial charge on any atom is -0.467 e. The molecule has 84 valence electrons. The predicted molar refractivity (Wildman–Crippen MR) is 55.1 cm³/mol. The molecule has 0 aliphatic heterocycles. The zero-order valence-electron chi connectivity index (χ0n) is 9.49. The Morgan fingerprint density at radius 1 is 1.57 bits per heavy atom. The van der Waals surface area contributed by atoms with Gasteiger partial charge in [0.15, 0.2) is 0 Å². The van der Waals surface area contributed by atoms with E-state index in [0.717, 1.165) is 0 Å². The second-order valence-electron chi connectivity index (χ2n) is 2.99. The molecule has 1 amide bonds. The molecule has 0 fully saturated rings. The van der Waals surface area contributed by atoms with Crippen LogP contribution in [0.1, 0.15) is 13.8 Å². The normalized spacial score (nSPS) is 12.4. The SMILES string of the molecule is Cl.[2H]NCC(=O)N[C@H](C(=O)OC)C(C)C. The highest BCUT2D eigenvalue weighted by Gasteiger charge is 2.23. The molecule has 0 saturated heterocycles. The average molecular weight is 226 g/mol. The first kappa shape index (κ1) is 13.2. The lowest BCUT2D eigenvalue weighted by Gasteiger charge is -2.19. The summed E-state index contributed by atoms with van der Waals surface area (Å²) in [6.45, 7) is 3.46. The van der Waals surface area contributed by atoms with E-state index in [1.54, 1.807) is 13.8 Å². The number of nitrogens with one attached hydrogen (secondary N) is 1. The molecule has 0 aromatic heterocycles. The van der Waals surface area contributed by atoms with Gasteiger partial charge in [0.05, 0.1) is 13.7 Å². The Labute approximate surface area is 91.2 Å². The second-order valence-corrected chi connectivity index (χ2v) is 2.99. The number of nitrogens with two attached hydrogens (primary N) is 1. The molecule has 0 unspecified atom stereocenters. The largest absolute Gasteiger partial charge is 0.467 e. The van der Waals surface area contributed by atoms with E-state index in [2.05, 4.69) is 10.1 Å². The molecule has 5 nitrogen and oxygen atoms in total. The number of ether oxygens (including phenoxy) is 1. The van der Waals surface area contributed by atoms with Gasteiger partial charge in [0.25, 0.3) is 0 Å². The molecule has 0 saturated carbocycles. The molecule has 0 heterocycles. The smallest absolute Gasteiger partial charge is 0.328 e. The third-order valence-corrected chi connectivity index (χ3v) is 1.60. The average Bonchev–Trinajstić information content (AvgIpc) is 2.13. The van der Waals surface area contributed by atoms with E-state index < -0.39 is 17.9 Å². The first-order chi connectivity index (χ1) is 6.52. The van der Waals surface area contributed by atoms with Crippen molar-refractivity contribution in [2.75, 3.05) is 13.7 Å². The lowest BCUT2D eigenvalue weighted by Crippen LogP contribution is -2.47. The van der Waals surface area contributed by atoms with Gasteiger partial charge >= 0.3 is 5.97 Å². The summed E-state index contributed by atoms with van der Waals surface area (Å²) in [7, 11) is 1.27. The standard InChI is InChI=1S/C8H16N2O3.ClH/c1-5(2)7(8(12)13-3)10-6(11)4-9;/h5,7H,4,9H2,1-3H3,(H,10,11);1H/t7-;/m0./s1/i/hD. The van der Waals surface area contributed by atoms with Gasteiger partial charge in [-0.15, -0.1) is 12.4 Å². The molecule has 0 aliphatic carbocycles.